The molecule has 2 heterocycles. The fourth-order valence-corrected chi connectivity index (χ4v) is 2.88. The number of hydrogen-bond donors (Lipinski definition) is 2. The molecular formula is C17H23BN2O2S. The number of hydrogen-bond acceptors (Lipinski definition) is 4. The molecule has 122 valence electrons. The van der Waals surface area contributed by atoms with E-state index in [1.807, 2.05) is 13.0 Å². The van der Waals surface area contributed by atoms with Crippen LogP contribution in [0.1, 0.15) is 39.1 Å². The molecule has 1 aliphatic heterocycles. The van der Waals surface area contributed by atoms with Crippen LogP contribution >= 0.6 is 12.6 Å². The second-order valence-electron chi connectivity index (χ2n) is 7.06. The third kappa shape index (κ3) is 3.07. The zero-order valence-corrected chi connectivity index (χ0v) is 15.2. The number of aromatic amines is 1. The summed E-state index contributed by atoms with van der Waals surface area (Å²) in [6, 6.07) is 6.16. The van der Waals surface area contributed by atoms with Crippen LogP contribution in [0.5, 0.6) is 0 Å². The van der Waals surface area contributed by atoms with Gasteiger partial charge in [-0.25, -0.2) is 4.98 Å². The number of aromatic nitrogens is 2. The Morgan fingerprint density at radius 3 is 2.52 bits per heavy atom. The minimum atomic E-state index is -0.364. The van der Waals surface area contributed by atoms with Crippen LogP contribution in [0.15, 0.2) is 23.7 Å². The van der Waals surface area contributed by atoms with Crippen molar-refractivity contribution in [2.24, 2.45) is 0 Å². The van der Waals surface area contributed by atoms with Crippen molar-refractivity contribution in [3.8, 4) is 0 Å². The van der Waals surface area contributed by atoms with Gasteiger partial charge in [-0.3, -0.25) is 0 Å². The molecule has 23 heavy (non-hydrogen) atoms. The molecule has 0 atom stereocenters. The molecule has 1 aliphatic rings. The number of nitrogens with zero attached hydrogens (tertiary/aromatic N) is 1. The Kier molecular flexibility index (Phi) is 4.11. The van der Waals surface area contributed by atoms with E-state index in [4.69, 9.17) is 9.31 Å². The van der Waals surface area contributed by atoms with Crippen molar-refractivity contribution in [3.63, 3.8) is 0 Å². The monoisotopic (exact) mass is 330 g/mol. The summed E-state index contributed by atoms with van der Waals surface area (Å²) in [5, 5.41) is 0. The van der Waals surface area contributed by atoms with Gasteiger partial charge in [0.15, 0.2) is 0 Å². The Hall–Kier alpha value is -1.24. The molecule has 1 aromatic carbocycles. The van der Waals surface area contributed by atoms with Gasteiger partial charge in [0.05, 0.1) is 22.2 Å². The minimum absolute atomic E-state index is 0.343. The van der Waals surface area contributed by atoms with E-state index >= 15 is 0 Å². The second-order valence-corrected chi connectivity index (χ2v) is 7.38. The standard InChI is InChI=1S/C17H23BN2O2S/c1-11-19-14-7-6-12(9-15(14)20-11)8-13(10-23)18-21-16(2,3)17(4,5)22-18/h6-9,23H,10H2,1-5H3,(H,19,20). The van der Waals surface area contributed by atoms with Crippen molar-refractivity contribution in [3.05, 3.63) is 35.1 Å². The van der Waals surface area contributed by atoms with Gasteiger partial charge < -0.3 is 14.3 Å². The first-order valence-corrected chi connectivity index (χ1v) is 8.48. The van der Waals surface area contributed by atoms with E-state index in [-0.39, 0.29) is 18.3 Å². The SMILES string of the molecule is Cc1nc2ccc(C=C(CS)B3OC(C)(C)C(C)(C)O3)cc2[nH]1. The smallest absolute Gasteiger partial charge is 0.400 e. The highest BCUT2D eigenvalue weighted by molar-refractivity contribution is 7.80. The number of aryl methyl sites for hydroxylation is 1. The van der Waals surface area contributed by atoms with Crippen LogP contribution in [-0.2, 0) is 9.31 Å². The predicted molar refractivity (Wildman–Crippen MR) is 98.7 cm³/mol. The maximum atomic E-state index is 6.12. The maximum absolute atomic E-state index is 6.12. The van der Waals surface area contributed by atoms with Crippen molar-refractivity contribution in [1.29, 1.82) is 0 Å². The molecule has 0 radical (unpaired) electrons. The Labute approximate surface area is 143 Å². The van der Waals surface area contributed by atoms with Crippen LogP contribution in [0.25, 0.3) is 17.1 Å². The lowest BCUT2D eigenvalue weighted by Crippen LogP contribution is -2.41. The molecule has 1 N–H and O–H groups in total. The molecule has 1 saturated heterocycles. The lowest BCUT2D eigenvalue weighted by molar-refractivity contribution is 0.00578. The first-order chi connectivity index (χ1) is 10.7. The van der Waals surface area contributed by atoms with E-state index in [9.17, 15) is 0 Å². The molecule has 3 rings (SSSR count). The van der Waals surface area contributed by atoms with Gasteiger partial charge in [-0.05, 0) is 57.8 Å². The summed E-state index contributed by atoms with van der Waals surface area (Å²) in [6.45, 7) is 10.2. The first kappa shape index (κ1) is 16.6. The van der Waals surface area contributed by atoms with Crippen molar-refractivity contribution in [1.82, 2.24) is 9.97 Å². The summed E-state index contributed by atoms with van der Waals surface area (Å²) in [4.78, 5) is 7.69. The molecule has 6 heteroatoms. The van der Waals surface area contributed by atoms with Gasteiger partial charge >= 0.3 is 7.12 Å². The van der Waals surface area contributed by atoms with Crippen LogP contribution in [-0.4, -0.2) is 34.0 Å². The molecule has 1 aromatic heterocycles. The number of imidazole rings is 1. The fraction of sp³-hybridized carbons (Fsp3) is 0.471. The number of thiol groups is 1. The van der Waals surface area contributed by atoms with Crippen molar-refractivity contribution >= 4 is 36.9 Å². The fourth-order valence-electron chi connectivity index (χ4n) is 2.64. The van der Waals surface area contributed by atoms with E-state index < -0.39 is 0 Å². The van der Waals surface area contributed by atoms with E-state index in [1.54, 1.807) is 0 Å². The molecule has 4 nitrogen and oxygen atoms in total. The predicted octanol–water partition coefficient (Wildman–Crippen LogP) is 3.82. The highest BCUT2D eigenvalue weighted by atomic mass is 32.1. The topological polar surface area (TPSA) is 47.1 Å². The van der Waals surface area contributed by atoms with Crippen molar-refractivity contribution in [2.45, 2.75) is 45.8 Å². The number of nitrogens with one attached hydrogen (secondary N) is 1. The number of rotatable bonds is 3. The van der Waals surface area contributed by atoms with Crippen LogP contribution in [0, 0.1) is 6.92 Å². The Bertz CT molecular complexity index is 751. The van der Waals surface area contributed by atoms with E-state index in [0.29, 0.717) is 5.75 Å². The molecule has 0 spiro atoms. The zero-order valence-electron chi connectivity index (χ0n) is 14.3. The molecule has 2 aromatic rings. The summed E-state index contributed by atoms with van der Waals surface area (Å²) in [7, 11) is -0.364. The summed E-state index contributed by atoms with van der Waals surface area (Å²) < 4.78 is 12.2. The van der Waals surface area contributed by atoms with E-state index in [0.717, 1.165) is 27.9 Å². The molecule has 0 saturated carbocycles. The third-order valence-corrected chi connectivity index (χ3v) is 5.08. The summed E-state index contributed by atoms with van der Waals surface area (Å²) in [5.41, 5.74) is 3.42. The first-order valence-electron chi connectivity index (χ1n) is 7.85. The largest absolute Gasteiger partial charge is 0.491 e. The quantitative estimate of drug-likeness (QED) is 0.664. The van der Waals surface area contributed by atoms with Crippen LogP contribution < -0.4 is 0 Å². The summed E-state index contributed by atoms with van der Waals surface area (Å²) in [6.07, 6.45) is 2.09. The Morgan fingerprint density at radius 1 is 1.26 bits per heavy atom. The summed E-state index contributed by atoms with van der Waals surface area (Å²) in [5.74, 6) is 1.50. The van der Waals surface area contributed by atoms with Crippen molar-refractivity contribution in [2.75, 3.05) is 5.75 Å². The molecule has 1 fully saturated rings. The van der Waals surface area contributed by atoms with Crippen molar-refractivity contribution < 1.29 is 9.31 Å². The van der Waals surface area contributed by atoms with Gasteiger partial charge in [-0.2, -0.15) is 12.6 Å². The second kappa shape index (κ2) is 5.69. The van der Waals surface area contributed by atoms with Gasteiger partial charge in [0.1, 0.15) is 5.82 Å². The number of H-pyrrole nitrogens is 1. The highest BCUT2D eigenvalue weighted by Gasteiger charge is 2.52. The number of fused-ring (bicyclic) bond motifs is 1. The van der Waals surface area contributed by atoms with Crippen LogP contribution in [0.2, 0.25) is 0 Å². The third-order valence-electron chi connectivity index (χ3n) is 4.71. The van der Waals surface area contributed by atoms with E-state index in [1.165, 1.54) is 0 Å². The molecular weight excluding hydrogens is 307 g/mol. The Balaban J connectivity index is 1.92. The van der Waals surface area contributed by atoms with Gasteiger partial charge in [0, 0.05) is 5.75 Å². The van der Waals surface area contributed by atoms with Crippen LogP contribution in [0.4, 0.5) is 0 Å². The maximum Gasteiger partial charge on any atom is 0.491 e. The van der Waals surface area contributed by atoms with Gasteiger partial charge in [0.25, 0.3) is 0 Å². The normalized spacial score (nSPS) is 20.4. The molecule has 0 bridgehead atoms. The average molecular weight is 330 g/mol. The summed E-state index contributed by atoms with van der Waals surface area (Å²) >= 11 is 4.46. The number of benzene rings is 1. The van der Waals surface area contributed by atoms with Gasteiger partial charge in [-0.15, -0.1) is 0 Å². The molecule has 0 aliphatic carbocycles. The van der Waals surface area contributed by atoms with Gasteiger partial charge in [0.2, 0.25) is 0 Å². The zero-order chi connectivity index (χ0) is 16.8. The lowest BCUT2D eigenvalue weighted by Gasteiger charge is -2.32. The average Bonchev–Trinajstić information content (AvgIpc) is 2.91. The van der Waals surface area contributed by atoms with Gasteiger partial charge in [-0.1, -0.05) is 12.1 Å². The van der Waals surface area contributed by atoms with Crippen LogP contribution in [0.3, 0.4) is 0 Å². The highest BCUT2D eigenvalue weighted by Crippen LogP contribution is 2.39. The van der Waals surface area contributed by atoms with E-state index in [2.05, 4.69) is 68.5 Å². The minimum Gasteiger partial charge on any atom is -0.400 e. The Morgan fingerprint density at radius 2 is 1.91 bits per heavy atom. The lowest BCUT2D eigenvalue weighted by atomic mass is 9.78. The molecule has 0 unspecified atom stereocenters. The molecule has 0 amide bonds.